The molecule has 2 amide bonds. The highest BCUT2D eigenvalue weighted by Crippen LogP contribution is 2.20. The SMILES string of the molecule is NC(=O)[C@H](Cc1ccc(-c2ccccc2)cc1)NC(=O)c1ccnc2ccccc12. The summed E-state index contributed by atoms with van der Waals surface area (Å²) in [6, 6.07) is 26.2. The highest BCUT2D eigenvalue weighted by Gasteiger charge is 2.20. The maximum absolute atomic E-state index is 12.9. The van der Waals surface area contributed by atoms with Crippen LogP contribution < -0.4 is 11.1 Å². The molecule has 4 rings (SSSR count). The molecule has 3 N–H and O–H groups in total. The number of carbonyl (C=O) groups excluding carboxylic acids is 2. The lowest BCUT2D eigenvalue weighted by molar-refractivity contribution is -0.119. The molecular weight excluding hydrogens is 374 g/mol. The normalized spacial score (nSPS) is 11.7. The predicted octanol–water partition coefficient (Wildman–Crippen LogP) is 3.73. The average molecular weight is 395 g/mol. The van der Waals surface area contributed by atoms with Gasteiger partial charge in [-0.05, 0) is 28.8 Å². The van der Waals surface area contributed by atoms with Gasteiger partial charge in [0, 0.05) is 18.0 Å². The van der Waals surface area contributed by atoms with Crippen molar-refractivity contribution in [3.63, 3.8) is 0 Å². The van der Waals surface area contributed by atoms with Crippen molar-refractivity contribution >= 4 is 22.7 Å². The Hall–Kier alpha value is -3.99. The number of rotatable bonds is 6. The molecule has 0 bridgehead atoms. The zero-order valence-corrected chi connectivity index (χ0v) is 16.3. The molecule has 0 aliphatic carbocycles. The minimum absolute atomic E-state index is 0.319. The number of nitrogens with one attached hydrogen (secondary N) is 1. The van der Waals surface area contributed by atoms with Crippen molar-refractivity contribution in [3.05, 3.63) is 102 Å². The van der Waals surface area contributed by atoms with E-state index in [2.05, 4.69) is 10.3 Å². The van der Waals surface area contributed by atoms with Gasteiger partial charge in [0.15, 0.2) is 0 Å². The van der Waals surface area contributed by atoms with E-state index in [1.165, 1.54) is 0 Å². The lowest BCUT2D eigenvalue weighted by Gasteiger charge is -2.16. The third-order valence-electron chi connectivity index (χ3n) is 5.04. The lowest BCUT2D eigenvalue weighted by atomic mass is 10.00. The van der Waals surface area contributed by atoms with Gasteiger partial charge in [-0.15, -0.1) is 0 Å². The molecule has 5 nitrogen and oxygen atoms in total. The number of nitrogens with zero attached hydrogens (tertiary/aromatic N) is 1. The van der Waals surface area contributed by atoms with Gasteiger partial charge in [0.1, 0.15) is 6.04 Å². The van der Waals surface area contributed by atoms with E-state index in [-0.39, 0.29) is 5.91 Å². The van der Waals surface area contributed by atoms with Crippen LogP contribution in [0.1, 0.15) is 15.9 Å². The number of fused-ring (bicyclic) bond motifs is 1. The smallest absolute Gasteiger partial charge is 0.252 e. The Morgan fingerprint density at radius 1 is 0.833 bits per heavy atom. The molecular formula is C25H21N3O2. The molecule has 0 aliphatic rings. The molecule has 0 aliphatic heterocycles. The van der Waals surface area contributed by atoms with Crippen LogP contribution in [0.2, 0.25) is 0 Å². The zero-order chi connectivity index (χ0) is 20.9. The molecule has 0 fully saturated rings. The molecule has 0 saturated heterocycles. The number of para-hydroxylation sites is 1. The second-order valence-electron chi connectivity index (χ2n) is 7.07. The Morgan fingerprint density at radius 2 is 1.50 bits per heavy atom. The third kappa shape index (κ3) is 4.20. The summed E-state index contributed by atoms with van der Waals surface area (Å²) in [5.41, 5.74) is 9.88. The van der Waals surface area contributed by atoms with Gasteiger partial charge in [0.2, 0.25) is 5.91 Å². The van der Waals surface area contributed by atoms with Crippen molar-refractivity contribution in [2.75, 3.05) is 0 Å². The molecule has 0 radical (unpaired) electrons. The summed E-state index contributed by atoms with van der Waals surface area (Å²) in [6.07, 6.45) is 1.90. The van der Waals surface area contributed by atoms with Crippen LogP contribution in [0, 0.1) is 0 Å². The van der Waals surface area contributed by atoms with Crippen LogP contribution in [0.25, 0.3) is 22.0 Å². The van der Waals surface area contributed by atoms with Crippen molar-refractivity contribution in [1.29, 1.82) is 0 Å². The van der Waals surface area contributed by atoms with Gasteiger partial charge in [0.05, 0.1) is 11.1 Å². The van der Waals surface area contributed by atoms with Crippen molar-refractivity contribution in [2.45, 2.75) is 12.5 Å². The summed E-state index contributed by atoms with van der Waals surface area (Å²) in [5.74, 6) is -0.924. The maximum Gasteiger partial charge on any atom is 0.252 e. The second kappa shape index (κ2) is 8.57. The monoisotopic (exact) mass is 395 g/mol. The van der Waals surface area contributed by atoms with Gasteiger partial charge in [-0.25, -0.2) is 0 Å². The number of primary amides is 1. The van der Waals surface area contributed by atoms with Crippen LogP contribution in [0.3, 0.4) is 0 Å². The van der Waals surface area contributed by atoms with E-state index in [1.54, 1.807) is 12.3 Å². The molecule has 0 unspecified atom stereocenters. The summed E-state index contributed by atoms with van der Waals surface area (Å²) in [7, 11) is 0. The van der Waals surface area contributed by atoms with E-state index in [0.29, 0.717) is 12.0 Å². The summed E-state index contributed by atoms with van der Waals surface area (Å²) in [6.45, 7) is 0. The number of benzene rings is 3. The topological polar surface area (TPSA) is 85.1 Å². The van der Waals surface area contributed by atoms with Gasteiger partial charge in [-0.1, -0.05) is 72.8 Å². The highest BCUT2D eigenvalue weighted by molar-refractivity contribution is 6.07. The number of hydrogen-bond acceptors (Lipinski definition) is 3. The summed E-state index contributed by atoms with van der Waals surface area (Å²) < 4.78 is 0. The van der Waals surface area contributed by atoms with Crippen LogP contribution in [-0.2, 0) is 11.2 Å². The summed E-state index contributed by atoms with van der Waals surface area (Å²) >= 11 is 0. The van der Waals surface area contributed by atoms with Crippen LogP contribution in [-0.4, -0.2) is 22.8 Å². The van der Waals surface area contributed by atoms with Crippen molar-refractivity contribution in [1.82, 2.24) is 10.3 Å². The van der Waals surface area contributed by atoms with Gasteiger partial charge in [-0.2, -0.15) is 0 Å². The Bertz CT molecular complexity index is 1180. The molecule has 1 aromatic heterocycles. The van der Waals surface area contributed by atoms with E-state index >= 15 is 0 Å². The molecule has 0 saturated carbocycles. The third-order valence-corrected chi connectivity index (χ3v) is 5.04. The van der Waals surface area contributed by atoms with Crippen molar-refractivity contribution < 1.29 is 9.59 Å². The number of nitrogens with two attached hydrogens (primary N) is 1. The predicted molar refractivity (Wildman–Crippen MR) is 118 cm³/mol. The van der Waals surface area contributed by atoms with E-state index in [0.717, 1.165) is 27.6 Å². The Morgan fingerprint density at radius 3 is 2.23 bits per heavy atom. The Balaban J connectivity index is 1.52. The minimum Gasteiger partial charge on any atom is -0.368 e. The highest BCUT2D eigenvalue weighted by atomic mass is 16.2. The first-order chi connectivity index (χ1) is 14.6. The van der Waals surface area contributed by atoms with Gasteiger partial charge in [0.25, 0.3) is 5.91 Å². The van der Waals surface area contributed by atoms with E-state index < -0.39 is 11.9 Å². The first kappa shape index (κ1) is 19.3. The number of carbonyl (C=O) groups is 2. The number of amides is 2. The maximum atomic E-state index is 12.9. The fourth-order valence-corrected chi connectivity index (χ4v) is 3.45. The second-order valence-corrected chi connectivity index (χ2v) is 7.07. The number of pyridine rings is 1. The zero-order valence-electron chi connectivity index (χ0n) is 16.3. The van der Waals surface area contributed by atoms with Crippen LogP contribution in [0.5, 0.6) is 0 Å². The van der Waals surface area contributed by atoms with E-state index in [9.17, 15) is 9.59 Å². The Labute approximate surface area is 174 Å². The van der Waals surface area contributed by atoms with Crippen molar-refractivity contribution in [3.8, 4) is 11.1 Å². The minimum atomic E-state index is -0.813. The molecule has 5 heteroatoms. The molecule has 0 spiro atoms. The van der Waals surface area contributed by atoms with Crippen molar-refractivity contribution in [2.24, 2.45) is 5.73 Å². The molecule has 30 heavy (non-hydrogen) atoms. The number of hydrogen-bond donors (Lipinski definition) is 2. The number of aromatic nitrogens is 1. The van der Waals surface area contributed by atoms with Crippen LogP contribution in [0.4, 0.5) is 0 Å². The molecule has 1 heterocycles. The van der Waals surface area contributed by atoms with Crippen LogP contribution >= 0.6 is 0 Å². The summed E-state index contributed by atoms with van der Waals surface area (Å²) in [5, 5.41) is 3.51. The van der Waals surface area contributed by atoms with E-state index in [1.807, 2.05) is 78.9 Å². The molecule has 4 aromatic rings. The average Bonchev–Trinajstić information content (AvgIpc) is 2.79. The standard InChI is InChI=1S/C25H21N3O2/c26-24(29)23(16-17-10-12-19(13-11-17)18-6-2-1-3-7-18)28-25(30)21-14-15-27-22-9-5-4-8-20(21)22/h1-15,23H,16H2,(H2,26,29)(H,28,30)/t23-/m0/s1. The largest absolute Gasteiger partial charge is 0.368 e. The van der Waals surface area contributed by atoms with Gasteiger partial charge in [-0.3, -0.25) is 14.6 Å². The lowest BCUT2D eigenvalue weighted by Crippen LogP contribution is -2.45. The Kier molecular flexibility index (Phi) is 5.52. The molecule has 1 atom stereocenters. The van der Waals surface area contributed by atoms with Crippen LogP contribution in [0.15, 0.2) is 91.1 Å². The van der Waals surface area contributed by atoms with Gasteiger partial charge >= 0.3 is 0 Å². The molecule has 148 valence electrons. The first-order valence-electron chi connectivity index (χ1n) is 9.70. The van der Waals surface area contributed by atoms with Gasteiger partial charge < -0.3 is 11.1 Å². The fourth-order valence-electron chi connectivity index (χ4n) is 3.45. The van der Waals surface area contributed by atoms with E-state index in [4.69, 9.17) is 5.73 Å². The quantitative estimate of drug-likeness (QED) is 0.522. The first-order valence-corrected chi connectivity index (χ1v) is 9.70. The fraction of sp³-hybridized carbons (Fsp3) is 0.0800. The summed E-state index contributed by atoms with van der Waals surface area (Å²) in [4.78, 5) is 29.1. The molecule has 3 aromatic carbocycles.